The quantitative estimate of drug-likeness (QED) is 0.700. The van der Waals surface area contributed by atoms with E-state index in [1.165, 1.54) is 0 Å². The van der Waals surface area contributed by atoms with Crippen LogP contribution in [0, 0.1) is 0 Å². The second-order valence-corrected chi connectivity index (χ2v) is 3.40. The average molecular weight is 211 g/mol. The van der Waals surface area contributed by atoms with Crippen LogP contribution in [0.4, 0.5) is 0 Å². The number of methoxy groups -OCH3 is 1. The van der Waals surface area contributed by atoms with Gasteiger partial charge in [0.05, 0.1) is 8.48 Å². The minimum absolute atomic E-state index is 0.452. The molecule has 1 heteroatoms. The molecule has 2 rings (SSSR count). The van der Waals surface area contributed by atoms with E-state index in [1.807, 2.05) is 60.7 Å². The molecule has 0 unspecified atom stereocenters. The first kappa shape index (κ1) is 9.22. The lowest BCUT2D eigenvalue weighted by Gasteiger charge is -2.03. The van der Waals surface area contributed by atoms with Gasteiger partial charge in [-0.3, -0.25) is 0 Å². The van der Waals surface area contributed by atoms with Crippen molar-refractivity contribution in [1.29, 1.82) is 0 Å². The number of hydrogen-bond donors (Lipinski definition) is 0. The minimum atomic E-state index is 0.452. The van der Waals surface area contributed by atoms with Crippen molar-refractivity contribution in [3.63, 3.8) is 0 Å². The number of rotatable bonds is 3. The van der Waals surface area contributed by atoms with Gasteiger partial charge < -0.3 is 4.74 Å². The van der Waals surface area contributed by atoms with Gasteiger partial charge in [0.1, 0.15) is 5.75 Å². The third kappa shape index (κ3) is 2.51. The summed E-state index contributed by atoms with van der Waals surface area (Å²) in [7, 11) is 1.62. The molecule has 0 aliphatic rings. The normalized spacial score (nSPS) is 12.1. The molecule has 80 valence electrons. The van der Waals surface area contributed by atoms with Crippen LogP contribution in [-0.2, 0) is 0 Å². The number of hydrogen-bond acceptors (Lipinski definition) is 1. The summed E-state index contributed by atoms with van der Waals surface area (Å²) >= 11 is 0. The summed E-state index contributed by atoms with van der Waals surface area (Å²) in [6, 6.07) is 17.8. The van der Waals surface area contributed by atoms with E-state index in [-0.39, 0.29) is 0 Å². The van der Waals surface area contributed by atoms with Gasteiger partial charge in [-0.2, -0.15) is 0 Å². The number of ether oxygens (including phenoxy) is 1. The fourth-order valence-electron chi connectivity index (χ4n) is 1.47. The predicted octanol–water partition coefficient (Wildman–Crippen LogP) is 3.87. The Balaban J connectivity index is 2.37. The first-order valence-electron chi connectivity index (χ1n) is 5.68. The average Bonchev–Trinajstić information content (AvgIpc) is 2.40. The molecule has 0 radical (unpaired) electrons. The zero-order valence-corrected chi connectivity index (χ0v) is 9.18. The smallest absolute Gasteiger partial charge is 0.126 e. The van der Waals surface area contributed by atoms with Gasteiger partial charge in [0.15, 0.2) is 0 Å². The molecule has 0 bridgehead atoms. The van der Waals surface area contributed by atoms with Crippen molar-refractivity contribution < 1.29 is 6.11 Å². The van der Waals surface area contributed by atoms with Crippen LogP contribution in [0.5, 0.6) is 5.75 Å². The molecule has 2 aromatic rings. The van der Waals surface area contributed by atoms with E-state index in [1.54, 1.807) is 7.11 Å². The van der Waals surface area contributed by atoms with E-state index in [9.17, 15) is 0 Å². The fraction of sp³-hybridized carbons (Fsp3) is 0.0667. The molecular formula is C15H14O. The van der Waals surface area contributed by atoms with Crippen LogP contribution >= 0.6 is 0 Å². The second kappa shape index (κ2) is 5.17. The monoisotopic (exact) mass is 211 g/mol. The Kier molecular flexibility index (Phi) is 2.98. The van der Waals surface area contributed by atoms with Crippen LogP contribution in [0.1, 0.15) is 12.5 Å². The highest BCUT2D eigenvalue weighted by molar-refractivity contribution is 5.72. The standard InChI is InChI=1S/C15H14O/c1-16-15-10-6-5-9-14(15)12-11-13-7-3-2-4-8-13/h2-12H,1H3/b12-11+/i12D. The van der Waals surface area contributed by atoms with Crippen molar-refractivity contribution >= 4 is 12.1 Å². The molecule has 0 spiro atoms. The molecule has 0 aliphatic heterocycles. The Morgan fingerprint density at radius 3 is 2.44 bits per heavy atom. The summed E-state index contributed by atoms with van der Waals surface area (Å²) in [5, 5.41) is 0. The zero-order chi connectivity index (χ0) is 12.1. The largest absolute Gasteiger partial charge is 0.496 e. The lowest BCUT2D eigenvalue weighted by atomic mass is 10.1. The topological polar surface area (TPSA) is 9.23 Å². The lowest BCUT2D eigenvalue weighted by Crippen LogP contribution is -1.85. The van der Waals surface area contributed by atoms with Gasteiger partial charge >= 0.3 is 0 Å². The summed E-state index contributed by atoms with van der Waals surface area (Å²) in [5.74, 6) is 0.727. The Morgan fingerprint density at radius 2 is 1.69 bits per heavy atom. The molecule has 0 aromatic heterocycles. The van der Waals surface area contributed by atoms with Crippen LogP contribution < -0.4 is 4.74 Å². The maximum atomic E-state index is 8.08. The predicted molar refractivity (Wildman–Crippen MR) is 68.4 cm³/mol. The third-order valence-electron chi connectivity index (χ3n) is 2.30. The lowest BCUT2D eigenvalue weighted by molar-refractivity contribution is 0.414. The SMILES string of the molecule is [2H]/C(=C\c1ccccc1)c1ccccc1OC. The van der Waals surface area contributed by atoms with Crippen molar-refractivity contribution in [3.05, 3.63) is 65.7 Å². The van der Waals surface area contributed by atoms with Gasteiger partial charge in [0, 0.05) is 5.56 Å². The van der Waals surface area contributed by atoms with Crippen LogP contribution in [-0.4, -0.2) is 7.11 Å². The van der Waals surface area contributed by atoms with E-state index in [0.717, 1.165) is 16.9 Å². The summed E-state index contributed by atoms with van der Waals surface area (Å²) in [5.41, 5.74) is 1.82. The van der Waals surface area contributed by atoms with Crippen molar-refractivity contribution in [1.82, 2.24) is 0 Å². The Labute approximate surface area is 97.4 Å². The van der Waals surface area contributed by atoms with E-state index >= 15 is 0 Å². The van der Waals surface area contributed by atoms with Gasteiger partial charge in [0.2, 0.25) is 0 Å². The maximum Gasteiger partial charge on any atom is 0.126 e. The van der Waals surface area contributed by atoms with Crippen LogP contribution in [0.25, 0.3) is 12.1 Å². The maximum absolute atomic E-state index is 8.08. The van der Waals surface area contributed by atoms with Gasteiger partial charge in [-0.25, -0.2) is 0 Å². The molecule has 0 heterocycles. The van der Waals surface area contributed by atoms with Gasteiger partial charge in [0.25, 0.3) is 0 Å². The zero-order valence-electron chi connectivity index (χ0n) is 10.2. The first-order valence-corrected chi connectivity index (χ1v) is 5.18. The fourth-order valence-corrected chi connectivity index (χ4v) is 1.47. The highest BCUT2D eigenvalue weighted by atomic mass is 16.5. The van der Waals surface area contributed by atoms with Gasteiger partial charge in [-0.1, -0.05) is 60.7 Å². The van der Waals surface area contributed by atoms with Crippen molar-refractivity contribution in [2.24, 2.45) is 0 Å². The summed E-state index contributed by atoms with van der Waals surface area (Å²) in [6.45, 7) is 0. The Bertz CT molecular complexity index is 517. The molecule has 0 N–H and O–H groups in total. The number of benzene rings is 2. The van der Waals surface area contributed by atoms with Crippen LogP contribution in [0.2, 0.25) is 0 Å². The molecule has 0 amide bonds. The second-order valence-electron chi connectivity index (χ2n) is 3.40. The van der Waals surface area contributed by atoms with Crippen molar-refractivity contribution in [3.8, 4) is 5.75 Å². The van der Waals surface area contributed by atoms with E-state index in [0.29, 0.717) is 6.05 Å². The molecule has 0 saturated heterocycles. The molecular weight excluding hydrogens is 196 g/mol. The Hall–Kier alpha value is -2.02. The van der Waals surface area contributed by atoms with Crippen LogP contribution in [0.3, 0.4) is 0 Å². The Morgan fingerprint density at radius 1 is 1.00 bits per heavy atom. The highest BCUT2D eigenvalue weighted by Gasteiger charge is 1.95. The molecule has 16 heavy (non-hydrogen) atoms. The number of para-hydroxylation sites is 1. The molecule has 0 atom stereocenters. The van der Waals surface area contributed by atoms with E-state index < -0.39 is 0 Å². The van der Waals surface area contributed by atoms with Crippen molar-refractivity contribution in [2.45, 2.75) is 0 Å². The molecule has 2 aromatic carbocycles. The summed E-state index contributed by atoms with van der Waals surface area (Å²) in [4.78, 5) is 0. The highest BCUT2D eigenvalue weighted by Crippen LogP contribution is 2.19. The summed E-state index contributed by atoms with van der Waals surface area (Å²) in [6.07, 6.45) is 1.83. The summed E-state index contributed by atoms with van der Waals surface area (Å²) < 4.78 is 13.3. The van der Waals surface area contributed by atoms with E-state index in [4.69, 9.17) is 6.11 Å². The molecule has 1 nitrogen and oxygen atoms in total. The first-order chi connectivity index (χ1) is 8.31. The molecule has 0 fully saturated rings. The van der Waals surface area contributed by atoms with Crippen LogP contribution in [0.15, 0.2) is 54.6 Å². The molecule has 0 aliphatic carbocycles. The third-order valence-corrected chi connectivity index (χ3v) is 2.30. The van der Waals surface area contributed by atoms with Crippen molar-refractivity contribution in [2.75, 3.05) is 7.11 Å². The van der Waals surface area contributed by atoms with E-state index in [2.05, 4.69) is 0 Å². The minimum Gasteiger partial charge on any atom is -0.496 e. The molecule has 0 saturated carbocycles. The van der Waals surface area contributed by atoms with Gasteiger partial charge in [-0.15, -0.1) is 0 Å². The van der Waals surface area contributed by atoms with Gasteiger partial charge in [-0.05, 0) is 11.6 Å².